The molecule has 0 aliphatic carbocycles. The van der Waals surface area contributed by atoms with Crippen molar-refractivity contribution in [1.82, 2.24) is 9.88 Å². The standard InChI is InChI=1S/C20H16Cl2N2S2/c1-23-20(26)18-16(12-3-7-14(21)8-4-12)11-17(25)24(2)19(18)13-5-9-15(22)10-6-13/h3-11H,1-2H3,(H,23,26). The molecule has 3 rings (SSSR count). The molecule has 0 spiro atoms. The van der Waals surface area contributed by atoms with Crippen LogP contribution in [0.25, 0.3) is 22.4 Å². The largest absolute Gasteiger partial charge is 0.379 e. The molecule has 0 amide bonds. The Morgan fingerprint density at radius 3 is 1.92 bits per heavy atom. The zero-order valence-corrected chi connectivity index (χ0v) is 17.4. The summed E-state index contributed by atoms with van der Waals surface area (Å²) in [5, 5.41) is 4.47. The molecule has 3 aromatic rings. The van der Waals surface area contributed by atoms with Crippen LogP contribution in [0.3, 0.4) is 0 Å². The van der Waals surface area contributed by atoms with Gasteiger partial charge in [-0.15, -0.1) is 0 Å². The molecule has 2 nitrogen and oxygen atoms in total. The van der Waals surface area contributed by atoms with Crippen molar-refractivity contribution in [3.63, 3.8) is 0 Å². The van der Waals surface area contributed by atoms with Gasteiger partial charge in [0.05, 0.1) is 5.69 Å². The molecule has 6 heteroatoms. The summed E-state index contributed by atoms with van der Waals surface area (Å²) in [5.74, 6) is 0. The van der Waals surface area contributed by atoms with E-state index in [9.17, 15) is 0 Å². The van der Waals surface area contributed by atoms with E-state index in [-0.39, 0.29) is 0 Å². The Kier molecular flexibility index (Phi) is 5.78. The Balaban J connectivity index is 2.39. The van der Waals surface area contributed by atoms with Crippen LogP contribution in [0.4, 0.5) is 0 Å². The molecule has 1 aromatic heterocycles. The number of pyridine rings is 1. The third-order valence-corrected chi connectivity index (χ3v) is 5.47. The third-order valence-electron chi connectivity index (χ3n) is 4.17. The van der Waals surface area contributed by atoms with E-state index in [4.69, 9.17) is 47.6 Å². The Morgan fingerprint density at radius 2 is 1.42 bits per heavy atom. The van der Waals surface area contributed by atoms with Crippen molar-refractivity contribution in [3.05, 3.63) is 74.8 Å². The monoisotopic (exact) mass is 418 g/mol. The van der Waals surface area contributed by atoms with Gasteiger partial charge in [0.1, 0.15) is 9.63 Å². The molecule has 1 heterocycles. The second-order valence-electron chi connectivity index (χ2n) is 5.77. The lowest BCUT2D eigenvalue weighted by atomic mass is 9.95. The molecule has 0 bridgehead atoms. The third kappa shape index (κ3) is 3.69. The maximum absolute atomic E-state index is 6.06. The van der Waals surface area contributed by atoms with E-state index in [0.29, 0.717) is 19.7 Å². The van der Waals surface area contributed by atoms with Crippen LogP contribution >= 0.6 is 47.6 Å². The molecule has 0 aliphatic rings. The first-order valence-corrected chi connectivity index (χ1v) is 9.47. The predicted octanol–water partition coefficient (Wildman–Crippen LogP) is 6.29. The van der Waals surface area contributed by atoms with Crippen LogP contribution in [-0.4, -0.2) is 16.6 Å². The lowest BCUT2D eigenvalue weighted by molar-refractivity contribution is 0.896. The molecule has 0 radical (unpaired) electrons. The zero-order valence-electron chi connectivity index (χ0n) is 14.2. The molecule has 26 heavy (non-hydrogen) atoms. The van der Waals surface area contributed by atoms with Gasteiger partial charge in [-0.25, -0.2) is 0 Å². The fourth-order valence-corrected chi connectivity index (χ4v) is 3.52. The van der Waals surface area contributed by atoms with Crippen LogP contribution < -0.4 is 5.32 Å². The fourth-order valence-electron chi connectivity index (χ4n) is 2.86. The lowest BCUT2D eigenvalue weighted by Gasteiger charge is -2.20. The molecule has 0 fully saturated rings. The van der Waals surface area contributed by atoms with Crippen LogP contribution in [0.2, 0.25) is 10.0 Å². The molecule has 1 N–H and O–H groups in total. The van der Waals surface area contributed by atoms with Crippen molar-refractivity contribution in [3.8, 4) is 22.4 Å². The van der Waals surface area contributed by atoms with Gasteiger partial charge < -0.3 is 9.88 Å². The van der Waals surface area contributed by atoms with Gasteiger partial charge in [-0.3, -0.25) is 0 Å². The second kappa shape index (κ2) is 7.89. The highest BCUT2D eigenvalue weighted by atomic mass is 35.5. The normalized spacial score (nSPS) is 10.6. The Morgan fingerprint density at radius 1 is 0.923 bits per heavy atom. The van der Waals surface area contributed by atoms with E-state index in [2.05, 4.69) is 5.32 Å². The number of nitrogens with one attached hydrogen (secondary N) is 1. The molecule has 2 aromatic carbocycles. The van der Waals surface area contributed by atoms with E-state index in [1.165, 1.54) is 0 Å². The highest BCUT2D eigenvalue weighted by Gasteiger charge is 2.18. The summed E-state index contributed by atoms with van der Waals surface area (Å²) in [6, 6.07) is 17.3. The minimum atomic E-state index is 0.644. The zero-order chi connectivity index (χ0) is 18.8. The second-order valence-corrected chi connectivity index (χ2v) is 7.47. The SMILES string of the molecule is CNC(=S)c1c(-c2ccc(Cl)cc2)cc(=S)n(C)c1-c1ccc(Cl)cc1. The van der Waals surface area contributed by atoms with Crippen molar-refractivity contribution >= 4 is 52.6 Å². The number of aromatic nitrogens is 1. The van der Waals surface area contributed by atoms with E-state index in [0.717, 1.165) is 27.9 Å². The Labute approximate surface area is 173 Å². The summed E-state index contributed by atoms with van der Waals surface area (Å²) < 4.78 is 2.68. The van der Waals surface area contributed by atoms with Gasteiger partial charge in [-0.1, -0.05) is 71.9 Å². The van der Waals surface area contributed by atoms with Crippen molar-refractivity contribution in [2.24, 2.45) is 7.05 Å². The molecule has 132 valence electrons. The predicted molar refractivity (Wildman–Crippen MR) is 118 cm³/mol. The maximum atomic E-state index is 6.06. The Hall–Kier alpha value is -1.72. The molecular weight excluding hydrogens is 403 g/mol. The van der Waals surface area contributed by atoms with Crippen LogP contribution in [0.1, 0.15) is 5.56 Å². The van der Waals surface area contributed by atoms with Crippen LogP contribution in [-0.2, 0) is 7.05 Å². The van der Waals surface area contributed by atoms with Crippen molar-refractivity contribution < 1.29 is 0 Å². The van der Waals surface area contributed by atoms with Crippen LogP contribution in [0, 0.1) is 4.64 Å². The summed E-state index contributed by atoms with van der Waals surface area (Å²) in [6.07, 6.45) is 0. The summed E-state index contributed by atoms with van der Waals surface area (Å²) in [6.45, 7) is 0. The molecule has 0 unspecified atom stereocenters. The van der Waals surface area contributed by atoms with E-state index < -0.39 is 0 Å². The van der Waals surface area contributed by atoms with E-state index in [1.54, 1.807) is 0 Å². The topological polar surface area (TPSA) is 17.0 Å². The highest BCUT2D eigenvalue weighted by molar-refractivity contribution is 7.80. The van der Waals surface area contributed by atoms with Gasteiger partial charge in [-0.2, -0.15) is 0 Å². The lowest BCUT2D eigenvalue weighted by Crippen LogP contribution is -2.21. The van der Waals surface area contributed by atoms with E-state index >= 15 is 0 Å². The number of halogens is 2. The summed E-state index contributed by atoms with van der Waals surface area (Å²) in [4.78, 5) is 0.644. The van der Waals surface area contributed by atoms with Gasteiger partial charge in [0, 0.05) is 29.7 Å². The number of hydrogen-bond donors (Lipinski definition) is 1. The molecule has 0 aliphatic heterocycles. The minimum Gasteiger partial charge on any atom is -0.379 e. The number of rotatable bonds is 3. The number of nitrogens with zero attached hydrogens (tertiary/aromatic N) is 1. The fraction of sp³-hybridized carbons (Fsp3) is 0.100. The molecule has 0 saturated heterocycles. The smallest absolute Gasteiger partial charge is 0.109 e. The quantitative estimate of drug-likeness (QED) is 0.503. The van der Waals surface area contributed by atoms with Crippen LogP contribution in [0.5, 0.6) is 0 Å². The van der Waals surface area contributed by atoms with Crippen molar-refractivity contribution in [2.45, 2.75) is 0 Å². The first kappa shape index (κ1) is 19.1. The number of hydrogen-bond acceptors (Lipinski definition) is 2. The summed E-state index contributed by atoms with van der Waals surface area (Å²) in [7, 11) is 3.76. The highest BCUT2D eigenvalue weighted by Crippen LogP contribution is 2.34. The van der Waals surface area contributed by atoms with Gasteiger partial charge in [0.25, 0.3) is 0 Å². The van der Waals surface area contributed by atoms with Gasteiger partial charge in [0.15, 0.2) is 0 Å². The molecule has 0 saturated carbocycles. The van der Waals surface area contributed by atoms with Gasteiger partial charge in [0.2, 0.25) is 0 Å². The Bertz CT molecular complexity index is 1020. The minimum absolute atomic E-state index is 0.644. The summed E-state index contributed by atoms with van der Waals surface area (Å²) >= 11 is 23.4. The average Bonchev–Trinajstić information content (AvgIpc) is 2.64. The molecular formula is C20H16Cl2N2S2. The number of benzene rings is 2. The number of thiocarbonyl (C=S) groups is 1. The average molecular weight is 419 g/mol. The first-order valence-electron chi connectivity index (χ1n) is 7.90. The van der Waals surface area contributed by atoms with Gasteiger partial charge >= 0.3 is 0 Å². The molecule has 0 atom stereocenters. The van der Waals surface area contributed by atoms with Crippen molar-refractivity contribution in [1.29, 1.82) is 0 Å². The van der Waals surface area contributed by atoms with Gasteiger partial charge in [-0.05, 0) is 47.0 Å². The van der Waals surface area contributed by atoms with Crippen LogP contribution in [0.15, 0.2) is 54.6 Å². The summed E-state index contributed by atoms with van der Waals surface area (Å²) in [5.41, 5.74) is 4.83. The first-order chi connectivity index (χ1) is 12.4. The van der Waals surface area contributed by atoms with E-state index in [1.807, 2.05) is 73.3 Å². The maximum Gasteiger partial charge on any atom is 0.109 e. The van der Waals surface area contributed by atoms with Crippen molar-refractivity contribution in [2.75, 3.05) is 7.05 Å².